The van der Waals surface area contributed by atoms with Crippen molar-refractivity contribution < 1.29 is 19.2 Å². The van der Waals surface area contributed by atoms with Gasteiger partial charge in [0.05, 0.1) is 11.8 Å². The van der Waals surface area contributed by atoms with Crippen molar-refractivity contribution in [3.63, 3.8) is 0 Å². The van der Waals surface area contributed by atoms with Gasteiger partial charge in [0.1, 0.15) is 6.04 Å². The molecule has 0 spiro atoms. The fourth-order valence-corrected chi connectivity index (χ4v) is 4.62. The number of carbonyl (C=O) groups excluding carboxylic acids is 4. The molecular formula is C23H28BrN3O4. The van der Waals surface area contributed by atoms with Crippen LogP contribution in [0.25, 0.3) is 0 Å². The monoisotopic (exact) mass is 489 g/mol. The van der Waals surface area contributed by atoms with E-state index in [9.17, 15) is 19.2 Å². The maximum Gasteiger partial charge on any atom is 0.242 e. The molecule has 31 heavy (non-hydrogen) atoms. The molecule has 166 valence electrons. The fourth-order valence-electron chi connectivity index (χ4n) is 4.18. The topological polar surface area (TPSA) is 86.8 Å². The van der Waals surface area contributed by atoms with Gasteiger partial charge in [-0.15, -0.1) is 0 Å². The van der Waals surface area contributed by atoms with Gasteiger partial charge in [-0.25, -0.2) is 0 Å². The fraction of sp³-hybridized carbons (Fsp3) is 0.478. The smallest absolute Gasteiger partial charge is 0.242 e. The summed E-state index contributed by atoms with van der Waals surface area (Å²) in [7, 11) is 0. The molecule has 4 amide bonds. The molecule has 1 aromatic carbocycles. The minimum absolute atomic E-state index is 0.0118. The summed E-state index contributed by atoms with van der Waals surface area (Å²) in [4.78, 5) is 53.6. The normalized spacial score (nSPS) is 21.1. The van der Waals surface area contributed by atoms with Crippen molar-refractivity contribution in [1.82, 2.24) is 15.1 Å². The number of benzene rings is 1. The van der Waals surface area contributed by atoms with Gasteiger partial charge in [-0.05, 0) is 44.4 Å². The van der Waals surface area contributed by atoms with E-state index in [1.807, 2.05) is 43.3 Å². The zero-order valence-corrected chi connectivity index (χ0v) is 19.4. The first kappa shape index (κ1) is 23.2. The maximum atomic E-state index is 13.1. The molecule has 1 saturated heterocycles. The van der Waals surface area contributed by atoms with E-state index in [0.717, 1.165) is 10.0 Å². The molecule has 2 aliphatic rings. The summed E-state index contributed by atoms with van der Waals surface area (Å²) in [6.07, 6.45) is 5.01. The van der Waals surface area contributed by atoms with Crippen LogP contribution in [-0.2, 0) is 25.7 Å². The summed E-state index contributed by atoms with van der Waals surface area (Å²) in [6.45, 7) is 4.28. The molecule has 1 aliphatic heterocycles. The number of fused-ring (bicyclic) bond motifs is 1. The van der Waals surface area contributed by atoms with Gasteiger partial charge in [0.2, 0.25) is 23.6 Å². The zero-order chi connectivity index (χ0) is 22.5. The van der Waals surface area contributed by atoms with E-state index in [2.05, 4.69) is 21.2 Å². The third-order valence-electron chi connectivity index (χ3n) is 5.91. The van der Waals surface area contributed by atoms with Crippen molar-refractivity contribution >= 4 is 39.6 Å². The molecule has 3 rings (SSSR count). The Morgan fingerprint density at radius 2 is 1.84 bits per heavy atom. The summed E-state index contributed by atoms with van der Waals surface area (Å²) < 4.78 is 0.882. The lowest BCUT2D eigenvalue weighted by molar-refractivity contribution is -0.143. The highest BCUT2D eigenvalue weighted by Gasteiger charge is 2.47. The van der Waals surface area contributed by atoms with Gasteiger partial charge in [-0.3, -0.25) is 24.1 Å². The van der Waals surface area contributed by atoms with Gasteiger partial charge in [-0.2, -0.15) is 0 Å². The van der Waals surface area contributed by atoms with Gasteiger partial charge in [0.25, 0.3) is 0 Å². The number of allylic oxidation sites excluding steroid dienone is 2. The Bertz CT molecular complexity index is 875. The number of nitrogens with zero attached hydrogens (tertiary/aromatic N) is 2. The van der Waals surface area contributed by atoms with Crippen LogP contribution < -0.4 is 5.32 Å². The largest absolute Gasteiger partial charge is 0.355 e. The first-order chi connectivity index (χ1) is 14.8. The minimum Gasteiger partial charge on any atom is -0.355 e. The molecule has 1 N–H and O–H groups in total. The molecule has 0 aromatic heterocycles. The molecule has 0 saturated carbocycles. The van der Waals surface area contributed by atoms with E-state index in [1.165, 1.54) is 9.80 Å². The number of imide groups is 1. The zero-order valence-electron chi connectivity index (χ0n) is 17.8. The average molecular weight is 490 g/mol. The maximum absolute atomic E-state index is 13.1. The highest BCUT2D eigenvalue weighted by atomic mass is 79.9. The van der Waals surface area contributed by atoms with E-state index in [-0.39, 0.29) is 55.0 Å². The second kappa shape index (κ2) is 10.2. The van der Waals surface area contributed by atoms with E-state index in [4.69, 9.17) is 0 Å². The number of carbonyl (C=O) groups is 4. The number of amides is 4. The van der Waals surface area contributed by atoms with Crippen molar-refractivity contribution in [3.05, 3.63) is 46.5 Å². The molecule has 1 heterocycles. The molecular weight excluding hydrogens is 462 g/mol. The highest BCUT2D eigenvalue weighted by molar-refractivity contribution is 9.10. The predicted molar refractivity (Wildman–Crippen MR) is 120 cm³/mol. The standard InChI is InChI=1S/C23H28BrN3O4/c1-3-25-21(29)15(2)27(14-16-7-6-8-17(24)13-16)20(28)11-12-26-22(30)18-9-4-5-10-19(18)23(26)31/h4-8,13,15,18-19H,3,9-12,14H2,1-2H3,(H,25,29)/t15-,18-,19+/m1/s1. The Morgan fingerprint density at radius 1 is 1.19 bits per heavy atom. The SMILES string of the molecule is CCNC(=O)[C@@H](C)N(Cc1cccc(Br)c1)C(=O)CCN1C(=O)[C@H]2CC=CC[C@H]2C1=O. The average Bonchev–Trinajstić information content (AvgIpc) is 3.00. The Labute approximate surface area is 191 Å². The lowest BCUT2D eigenvalue weighted by atomic mass is 9.85. The van der Waals surface area contributed by atoms with Crippen LogP contribution in [0.4, 0.5) is 0 Å². The molecule has 1 aliphatic carbocycles. The third-order valence-corrected chi connectivity index (χ3v) is 6.40. The number of likely N-dealkylation sites (N-methyl/N-ethyl adjacent to an activating group) is 1. The molecule has 1 fully saturated rings. The predicted octanol–water partition coefficient (Wildman–Crippen LogP) is 2.64. The van der Waals surface area contributed by atoms with Crippen LogP contribution in [0.5, 0.6) is 0 Å². The Balaban J connectivity index is 1.71. The van der Waals surface area contributed by atoms with Crippen molar-refractivity contribution in [1.29, 1.82) is 0 Å². The molecule has 7 nitrogen and oxygen atoms in total. The van der Waals surface area contributed by atoms with Crippen LogP contribution in [-0.4, -0.2) is 52.6 Å². The Kier molecular flexibility index (Phi) is 7.64. The molecule has 8 heteroatoms. The number of halogens is 1. The van der Waals surface area contributed by atoms with E-state index in [1.54, 1.807) is 6.92 Å². The third kappa shape index (κ3) is 5.23. The molecule has 0 bridgehead atoms. The Hall–Kier alpha value is -2.48. The van der Waals surface area contributed by atoms with Crippen LogP contribution in [0.2, 0.25) is 0 Å². The van der Waals surface area contributed by atoms with E-state index < -0.39 is 6.04 Å². The van der Waals surface area contributed by atoms with Crippen LogP contribution in [0.15, 0.2) is 40.9 Å². The van der Waals surface area contributed by atoms with Gasteiger partial charge in [-0.1, -0.05) is 40.2 Å². The summed E-state index contributed by atoms with van der Waals surface area (Å²) in [5, 5.41) is 2.76. The second-order valence-electron chi connectivity index (χ2n) is 7.96. The molecule has 3 atom stereocenters. The van der Waals surface area contributed by atoms with Gasteiger partial charge in [0.15, 0.2) is 0 Å². The quantitative estimate of drug-likeness (QED) is 0.449. The van der Waals surface area contributed by atoms with Crippen molar-refractivity contribution in [2.75, 3.05) is 13.1 Å². The highest BCUT2D eigenvalue weighted by Crippen LogP contribution is 2.35. The van der Waals surface area contributed by atoms with E-state index in [0.29, 0.717) is 19.4 Å². The second-order valence-corrected chi connectivity index (χ2v) is 8.87. The van der Waals surface area contributed by atoms with Gasteiger partial charge < -0.3 is 10.2 Å². The number of likely N-dealkylation sites (tertiary alicyclic amines) is 1. The van der Waals surface area contributed by atoms with Gasteiger partial charge in [0, 0.05) is 30.5 Å². The molecule has 0 radical (unpaired) electrons. The van der Waals surface area contributed by atoms with Gasteiger partial charge >= 0.3 is 0 Å². The Morgan fingerprint density at radius 3 is 2.42 bits per heavy atom. The van der Waals surface area contributed by atoms with Crippen LogP contribution in [0.1, 0.15) is 38.7 Å². The van der Waals surface area contributed by atoms with E-state index >= 15 is 0 Å². The number of hydrogen-bond donors (Lipinski definition) is 1. The first-order valence-electron chi connectivity index (χ1n) is 10.6. The molecule has 1 aromatic rings. The van der Waals surface area contributed by atoms with Crippen molar-refractivity contribution in [2.45, 2.75) is 45.7 Å². The van der Waals surface area contributed by atoms with Crippen molar-refractivity contribution in [2.24, 2.45) is 11.8 Å². The first-order valence-corrected chi connectivity index (χ1v) is 11.4. The summed E-state index contributed by atoms with van der Waals surface area (Å²) >= 11 is 3.43. The minimum atomic E-state index is -0.678. The number of rotatable bonds is 8. The van der Waals surface area contributed by atoms with Crippen LogP contribution in [0, 0.1) is 11.8 Å². The van der Waals surface area contributed by atoms with Crippen LogP contribution in [0.3, 0.4) is 0 Å². The molecule has 0 unspecified atom stereocenters. The van der Waals surface area contributed by atoms with Crippen molar-refractivity contribution in [3.8, 4) is 0 Å². The lowest BCUT2D eigenvalue weighted by Gasteiger charge is -2.29. The summed E-state index contributed by atoms with van der Waals surface area (Å²) in [6, 6.07) is 6.87. The summed E-state index contributed by atoms with van der Waals surface area (Å²) in [5.41, 5.74) is 0.879. The van der Waals surface area contributed by atoms with Crippen LogP contribution >= 0.6 is 15.9 Å². The lowest BCUT2D eigenvalue weighted by Crippen LogP contribution is -2.48. The number of hydrogen-bond acceptors (Lipinski definition) is 4. The summed E-state index contributed by atoms with van der Waals surface area (Å²) in [5.74, 6) is -1.51. The number of nitrogens with one attached hydrogen (secondary N) is 1.